The average molecular weight is 266 g/mol. The molecule has 5 heteroatoms. The van der Waals surface area contributed by atoms with Crippen molar-refractivity contribution in [2.75, 3.05) is 17.2 Å². The third kappa shape index (κ3) is 4.12. The first kappa shape index (κ1) is 13.6. The van der Waals surface area contributed by atoms with Crippen LogP contribution in [0.3, 0.4) is 0 Å². The summed E-state index contributed by atoms with van der Waals surface area (Å²) in [5.74, 6) is 5.95. The van der Waals surface area contributed by atoms with Gasteiger partial charge < -0.3 is 11.1 Å². The van der Waals surface area contributed by atoms with E-state index >= 15 is 0 Å². The van der Waals surface area contributed by atoms with Crippen LogP contribution in [0, 0.1) is 11.8 Å². The van der Waals surface area contributed by atoms with E-state index in [-0.39, 0.29) is 12.6 Å². The van der Waals surface area contributed by atoms with E-state index in [0.29, 0.717) is 17.2 Å². The molecule has 0 radical (unpaired) electrons. The Balaban J connectivity index is 2.01. The zero-order valence-corrected chi connectivity index (χ0v) is 10.8. The lowest BCUT2D eigenvalue weighted by Crippen LogP contribution is -2.20. The lowest BCUT2D eigenvalue weighted by Gasteiger charge is -2.06. The van der Waals surface area contributed by atoms with Crippen LogP contribution in [0.1, 0.15) is 5.69 Å². The predicted molar refractivity (Wildman–Crippen MR) is 79.3 cm³/mol. The molecule has 1 heterocycles. The van der Waals surface area contributed by atoms with Crippen molar-refractivity contribution in [2.24, 2.45) is 5.73 Å². The van der Waals surface area contributed by atoms with Gasteiger partial charge in [-0.3, -0.25) is 5.32 Å². The number of amides is 2. The van der Waals surface area contributed by atoms with Gasteiger partial charge in [-0.05, 0) is 30.2 Å². The second-order valence-corrected chi connectivity index (χ2v) is 3.86. The van der Waals surface area contributed by atoms with Gasteiger partial charge >= 0.3 is 6.03 Å². The summed E-state index contributed by atoms with van der Waals surface area (Å²) in [5.41, 5.74) is 6.57. The quantitative estimate of drug-likeness (QED) is 0.728. The number of pyridine rings is 1. The van der Waals surface area contributed by atoms with Crippen molar-refractivity contribution in [1.82, 2.24) is 4.98 Å². The van der Waals surface area contributed by atoms with Crippen molar-refractivity contribution in [3.63, 3.8) is 0 Å². The molecular weight excluding hydrogens is 252 g/mol. The fourth-order valence-corrected chi connectivity index (χ4v) is 1.52. The molecule has 1 aromatic heterocycles. The Bertz CT molecular complexity index is 644. The van der Waals surface area contributed by atoms with E-state index in [1.54, 1.807) is 30.3 Å². The van der Waals surface area contributed by atoms with Gasteiger partial charge in [0, 0.05) is 5.69 Å². The number of hydrogen-bond donors (Lipinski definition) is 3. The molecule has 0 spiro atoms. The molecular formula is C15H14N4O. The molecule has 0 saturated carbocycles. The number of aromatic nitrogens is 1. The van der Waals surface area contributed by atoms with Crippen LogP contribution in [0.15, 0.2) is 48.5 Å². The number of carbonyl (C=O) groups excluding carboxylic acids is 1. The number of hydrogen-bond acceptors (Lipinski definition) is 3. The van der Waals surface area contributed by atoms with E-state index in [9.17, 15) is 4.79 Å². The highest BCUT2D eigenvalue weighted by molar-refractivity contribution is 5.99. The maximum absolute atomic E-state index is 11.8. The normalized spacial score (nSPS) is 9.25. The van der Waals surface area contributed by atoms with Crippen LogP contribution in [0.25, 0.3) is 0 Å². The third-order valence-corrected chi connectivity index (χ3v) is 2.34. The number of urea groups is 1. The van der Waals surface area contributed by atoms with Gasteiger partial charge in [-0.25, -0.2) is 9.78 Å². The molecule has 20 heavy (non-hydrogen) atoms. The number of nitrogens with one attached hydrogen (secondary N) is 2. The summed E-state index contributed by atoms with van der Waals surface area (Å²) in [5, 5.41) is 5.35. The highest BCUT2D eigenvalue weighted by atomic mass is 16.2. The summed E-state index contributed by atoms with van der Waals surface area (Å²) in [6.45, 7) is 0.272. The van der Waals surface area contributed by atoms with Gasteiger partial charge in [0.1, 0.15) is 11.5 Å². The number of nitrogens with two attached hydrogens (primary N) is 1. The molecule has 100 valence electrons. The topological polar surface area (TPSA) is 80.0 Å². The monoisotopic (exact) mass is 266 g/mol. The number of benzene rings is 1. The van der Waals surface area contributed by atoms with Gasteiger partial charge in [-0.15, -0.1) is 0 Å². The molecule has 0 unspecified atom stereocenters. The molecule has 2 amide bonds. The van der Waals surface area contributed by atoms with Crippen LogP contribution in [0.2, 0.25) is 0 Å². The summed E-state index contributed by atoms with van der Waals surface area (Å²) in [6.07, 6.45) is 0. The molecule has 2 aromatic rings. The fourth-order valence-electron chi connectivity index (χ4n) is 1.52. The van der Waals surface area contributed by atoms with Crippen LogP contribution in [0.4, 0.5) is 16.3 Å². The number of rotatable bonds is 2. The highest BCUT2D eigenvalue weighted by Crippen LogP contribution is 2.07. The van der Waals surface area contributed by atoms with Gasteiger partial charge in [0.2, 0.25) is 0 Å². The van der Waals surface area contributed by atoms with Gasteiger partial charge in [0.25, 0.3) is 0 Å². The van der Waals surface area contributed by atoms with Crippen LogP contribution in [0.5, 0.6) is 0 Å². The molecule has 0 aliphatic heterocycles. The minimum atomic E-state index is -0.354. The van der Waals surface area contributed by atoms with E-state index in [0.717, 1.165) is 0 Å². The number of anilines is 2. The number of para-hydroxylation sites is 1. The minimum absolute atomic E-state index is 0.272. The van der Waals surface area contributed by atoms with Crippen LogP contribution >= 0.6 is 0 Å². The Morgan fingerprint density at radius 2 is 1.90 bits per heavy atom. The van der Waals surface area contributed by atoms with E-state index in [1.807, 2.05) is 18.2 Å². The Hall–Kier alpha value is -2.84. The molecule has 4 N–H and O–H groups in total. The van der Waals surface area contributed by atoms with Crippen LogP contribution in [-0.4, -0.2) is 17.6 Å². The smallest absolute Gasteiger partial charge is 0.320 e. The van der Waals surface area contributed by atoms with Crippen molar-refractivity contribution >= 4 is 17.5 Å². The van der Waals surface area contributed by atoms with E-state index in [4.69, 9.17) is 5.73 Å². The molecule has 0 bridgehead atoms. The Morgan fingerprint density at radius 1 is 1.10 bits per heavy atom. The first-order valence-electron chi connectivity index (χ1n) is 6.07. The summed E-state index contributed by atoms with van der Waals surface area (Å²) in [6, 6.07) is 14.0. The van der Waals surface area contributed by atoms with Crippen molar-refractivity contribution in [1.29, 1.82) is 0 Å². The molecule has 1 aromatic carbocycles. The van der Waals surface area contributed by atoms with Crippen LogP contribution in [-0.2, 0) is 0 Å². The molecule has 0 atom stereocenters. The Kier molecular flexibility index (Phi) is 4.70. The Morgan fingerprint density at radius 3 is 2.65 bits per heavy atom. The molecule has 0 fully saturated rings. The van der Waals surface area contributed by atoms with Gasteiger partial charge in [-0.2, -0.15) is 0 Å². The first-order valence-corrected chi connectivity index (χ1v) is 6.07. The number of carbonyl (C=O) groups is 1. The van der Waals surface area contributed by atoms with Crippen molar-refractivity contribution in [3.8, 4) is 11.8 Å². The molecule has 0 aliphatic carbocycles. The maximum atomic E-state index is 11.8. The molecule has 5 nitrogen and oxygen atoms in total. The van der Waals surface area contributed by atoms with Gasteiger partial charge in [-0.1, -0.05) is 30.2 Å². The Labute approximate surface area is 117 Å². The van der Waals surface area contributed by atoms with Gasteiger partial charge in [0.05, 0.1) is 6.54 Å². The van der Waals surface area contributed by atoms with Crippen molar-refractivity contribution in [3.05, 3.63) is 54.2 Å². The van der Waals surface area contributed by atoms with E-state index in [1.165, 1.54) is 0 Å². The molecule has 2 rings (SSSR count). The fraction of sp³-hybridized carbons (Fsp3) is 0.0667. The minimum Gasteiger partial charge on any atom is -0.320 e. The van der Waals surface area contributed by atoms with Crippen molar-refractivity contribution in [2.45, 2.75) is 0 Å². The van der Waals surface area contributed by atoms with Crippen molar-refractivity contribution < 1.29 is 4.79 Å². The van der Waals surface area contributed by atoms with Gasteiger partial charge in [0.15, 0.2) is 0 Å². The largest absolute Gasteiger partial charge is 0.324 e. The average Bonchev–Trinajstić information content (AvgIpc) is 2.46. The molecule has 0 aliphatic rings. The predicted octanol–water partition coefficient (Wildman–Crippen LogP) is 2.04. The summed E-state index contributed by atoms with van der Waals surface area (Å²) in [4.78, 5) is 16.0. The zero-order valence-electron chi connectivity index (χ0n) is 10.8. The standard InChI is InChI=1S/C15H14N4O/c16-11-5-9-12-8-4-10-14(17-12)19-15(20)18-13-6-2-1-3-7-13/h1-4,6-8,10H,11,16H2,(H2,17,18,19,20). The highest BCUT2D eigenvalue weighted by Gasteiger charge is 2.03. The van der Waals surface area contributed by atoms with Crippen LogP contribution < -0.4 is 16.4 Å². The number of nitrogens with zero attached hydrogens (tertiary/aromatic N) is 1. The first-order chi connectivity index (χ1) is 9.78. The maximum Gasteiger partial charge on any atom is 0.324 e. The van der Waals surface area contributed by atoms with E-state index < -0.39 is 0 Å². The lowest BCUT2D eigenvalue weighted by atomic mass is 10.3. The SMILES string of the molecule is NCC#Cc1cccc(NC(=O)Nc2ccccc2)n1. The summed E-state index contributed by atoms with van der Waals surface area (Å²) in [7, 11) is 0. The molecule has 0 saturated heterocycles. The zero-order chi connectivity index (χ0) is 14.2. The van der Waals surface area contributed by atoms with E-state index in [2.05, 4.69) is 27.5 Å². The summed E-state index contributed by atoms with van der Waals surface area (Å²) < 4.78 is 0. The third-order valence-electron chi connectivity index (χ3n) is 2.34. The second kappa shape index (κ2) is 6.92. The summed E-state index contributed by atoms with van der Waals surface area (Å²) >= 11 is 0. The lowest BCUT2D eigenvalue weighted by molar-refractivity contribution is 0.262. The second-order valence-electron chi connectivity index (χ2n) is 3.86.